The van der Waals surface area contributed by atoms with Crippen LogP contribution < -0.4 is 0 Å². The summed E-state index contributed by atoms with van der Waals surface area (Å²) in [5.74, 6) is -0.725. The summed E-state index contributed by atoms with van der Waals surface area (Å²) >= 11 is 3.26. The number of benzene rings is 1. The van der Waals surface area contributed by atoms with Gasteiger partial charge in [-0.25, -0.2) is 0 Å². The van der Waals surface area contributed by atoms with E-state index < -0.39 is 10.9 Å². The predicted octanol–water partition coefficient (Wildman–Crippen LogP) is 1.83. The molecule has 0 bridgehead atoms. The first-order valence-corrected chi connectivity index (χ1v) is 5.69. The molecular formula is C10H7BrN4O3. The van der Waals surface area contributed by atoms with Crippen molar-refractivity contribution in [2.45, 2.75) is 6.54 Å². The van der Waals surface area contributed by atoms with Crippen molar-refractivity contribution in [3.05, 3.63) is 50.7 Å². The van der Waals surface area contributed by atoms with Gasteiger partial charge in [0.25, 0.3) is 0 Å². The molecule has 0 spiro atoms. The van der Waals surface area contributed by atoms with Crippen LogP contribution in [0.1, 0.15) is 10.4 Å². The van der Waals surface area contributed by atoms with Crippen LogP contribution in [0.15, 0.2) is 35.1 Å². The fourth-order valence-electron chi connectivity index (χ4n) is 1.36. The van der Waals surface area contributed by atoms with E-state index in [1.165, 1.54) is 0 Å². The van der Waals surface area contributed by atoms with Crippen LogP contribution in [-0.4, -0.2) is 25.5 Å². The van der Waals surface area contributed by atoms with Crippen molar-refractivity contribution in [2.24, 2.45) is 0 Å². The normalized spacial score (nSPS) is 10.3. The summed E-state index contributed by atoms with van der Waals surface area (Å²) < 4.78 is 1.81. The van der Waals surface area contributed by atoms with Crippen molar-refractivity contribution in [1.82, 2.24) is 14.8 Å². The zero-order chi connectivity index (χ0) is 13.1. The molecule has 0 saturated carbocycles. The first-order chi connectivity index (χ1) is 8.58. The minimum absolute atomic E-state index is 0.0938. The average molecular weight is 311 g/mol. The molecule has 0 amide bonds. The van der Waals surface area contributed by atoms with Gasteiger partial charge < -0.3 is 10.1 Å². The van der Waals surface area contributed by atoms with E-state index in [2.05, 4.69) is 26.0 Å². The Kier molecular flexibility index (Phi) is 3.47. The van der Waals surface area contributed by atoms with Crippen LogP contribution in [0.4, 0.5) is 5.95 Å². The molecule has 0 aliphatic heterocycles. The third kappa shape index (κ3) is 2.59. The van der Waals surface area contributed by atoms with E-state index >= 15 is 0 Å². The molecule has 0 atom stereocenters. The SMILES string of the molecule is O=C(Cn1cnc([N+](=O)[O-])n1)c1ccccc1Br. The van der Waals surface area contributed by atoms with Crippen LogP contribution in [0.2, 0.25) is 0 Å². The Bertz CT molecular complexity index is 611. The molecule has 92 valence electrons. The average Bonchev–Trinajstić information content (AvgIpc) is 2.78. The standard InChI is InChI=1S/C10H7BrN4O3/c11-8-4-2-1-3-7(8)9(16)5-14-6-12-10(13-14)15(17)18/h1-4,6H,5H2. The highest BCUT2D eigenvalue weighted by Gasteiger charge is 2.17. The predicted molar refractivity (Wildman–Crippen MR) is 65.1 cm³/mol. The van der Waals surface area contributed by atoms with E-state index in [9.17, 15) is 14.9 Å². The maximum atomic E-state index is 11.9. The van der Waals surface area contributed by atoms with Gasteiger partial charge in [0.15, 0.2) is 5.78 Å². The lowest BCUT2D eigenvalue weighted by molar-refractivity contribution is -0.394. The van der Waals surface area contributed by atoms with Crippen LogP contribution in [0.25, 0.3) is 0 Å². The van der Waals surface area contributed by atoms with Gasteiger partial charge in [0, 0.05) is 15.1 Å². The van der Waals surface area contributed by atoms with Crippen molar-refractivity contribution >= 4 is 27.7 Å². The molecule has 1 aromatic carbocycles. The third-order valence-electron chi connectivity index (χ3n) is 2.17. The van der Waals surface area contributed by atoms with E-state index in [1.807, 2.05) is 0 Å². The Morgan fingerprint density at radius 2 is 2.17 bits per heavy atom. The number of hydrogen-bond acceptors (Lipinski definition) is 5. The highest BCUT2D eigenvalue weighted by atomic mass is 79.9. The summed E-state index contributed by atoms with van der Waals surface area (Å²) in [6, 6.07) is 6.94. The second kappa shape index (κ2) is 5.05. The summed E-state index contributed by atoms with van der Waals surface area (Å²) in [5.41, 5.74) is 0.496. The van der Waals surface area contributed by atoms with Crippen LogP contribution >= 0.6 is 15.9 Å². The Hall–Kier alpha value is -2.09. The smallest absolute Gasteiger partial charge is 0.390 e. The second-order valence-electron chi connectivity index (χ2n) is 3.40. The number of rotatable bonds is 4. The van der Waals surface area contributed by atoms with E-state index in [4.69, 9.17) is 0 Å². The Morgan fingerprint density at radius 3 is 2.78 bits per heavy atom. The van der Waals surface area contributed by atoms with Gasteiger partial charge in [0.2, 0.25) is 6.33 Å². The van der Waals surface area contributed by atoms with Crippen molar-refractivity contribution in [1.29, 1.82) is 0 Å². The highest BCUT2D eigenvalue weighted by Crippen LogP contribution is 2.16. The summed E-state index contributed by atoms with van der Waals surface area (Å²) in [4.78, 5) is 25.1. The second-order valence-corrected chi connectivity index (χ2v) is 4.26. The molecule has 0 fully saturated rings. The van der Waals surface area contributed by atoms with Gasteiger partial charge >= 0.3 is 5.95 Å². The van der Waals surface area contributed by atoms with Crippen molar-refractivity contribution in [3.63, 3.8) is 0 Å². The van der Waals surface area contributed by atoms with E-state index in [0.29, 0.717) is 10.0 Å². The fraction of sp³-hybridized carbons (Fsp3) is 0.100. The summed E-state index contributed by atoms with van der Waals surface area (Å²) in [6.07, 6.45) is 1.16. The lowest BCUT2D eigenvalue weighted by atomic mass is 10.1. The number of nitro groups is 1. The fourth-order valence-corrected chi connectivity index (χ4v) is 1.87. The molecule has 18 heavy (non-hydrogen) atoms. The summed E-state index contributed by atoms with van der Waals surface area (Å²) in [7, 11) is 0. The number of carbonyl (C=O) groups excluding carboxylic acids is 1. The Morgan fingerprint density at radius 1 is 1.44 bits per heavy atom. The minimum atomic E-state index is -0.709. The van der Waals surface area contributed by atoms with Crippen LogP contribution in [-0.2, 0) is 6.54 Å². The van der Waals surface area contributed by atoms with E-state index in [1.54, 1.807) is 24.3 Å². The topological polar surface area (TPSA) is 90.9 Å². The monoisotopic (exact) mass is 310 g/mol. The first-order valence-electron chi connectivity index (χ1n) is 4.89. The molecule has 2 aromatic rings. The zero-order valence-corrected chi connectivity index (χ0v) is 10.6. The van der Waals surface area contributed by atoms with Gasteiger partial charge in [-0.1, -0.05) is 39.1 Å². The number of ketones is 1. The Labute approximate surface area is 110 Å². The third-order valence-corrected chi connectivity index (χ3v) is 2.86. The maximum Gasteiger partial charge on any atom is 0.490 e. The molecular weight excluding hydrogens is 304 g/mol. The maximum absolute atomic E-state index is 11.9. The molecule has 1 heterocycles. The number of carbonyl (C=O) groups is 1. The minimum Gasteiger partial charge on any atom is -0.390 e. The van der Waals surface area contributed by atoms with Gasteiger partial charge in [-0.05, 0) is 11.0 Å². The molecule has 0 radical (unpaired) electrons. The molecule has 2 rings (SSSR count). The molecule has 1 aromatic heterocycles. The van der Waals surface area contributed by atoms with Gasteiger partial charge in [-0.15, -0.1) is 0 Å². The lowest BCUT2D eigenvalue weighted by Crippen LogP contribution is -2.11. The highest BCUT2D eigenvalue weighted by molar-refractivity contribution is 9.10. The molecule has 0 unspecified atom stereocenters. The van der Waals surface area contributed by atoms with Gasteiger partial charge in [0.05, 0.1) is 0 Å². The molecule has 0 N–H and O–H groups in total. The number of Topliss-reactive ketones (excluding diaryl/α,β-unsaturated/α-hetero) is 1. The van der Waals surface area contributed by atoms with E-state index in [0.717, 1.165) is 11.0 Å². The number of hydrogen-bond donors (Lipinski definition) is 0. The van der Waals surface area contributed by atoms with Gasteiger partial charge in [0.1, 0.15) is 6.54 Å². The largest absolute Gasteiger partial charge is 0.490 e. The number of halogens is 1. The molecule has 0 aliphatic rings. The van der Waals surface area contributed by atoms with Gasteiger partial charge in [-0.2, -0.15) is 4.68 Å². The summed E-state index contributed by atoms with van der Waals surface area (Å²) in [6.45, 7) is -0.0938. The molecule has 0 aliphatic carbocycles. The van der Waals surface area contributed by atoms with Crippen LogP contribution in [0, 0.1) is 10.1 Å². The zero-order valence-electron chi connectivity index (χ0n) is 8.99. The van der Waals surface area contributed by atoms with E-state index in [-0.39, 0.29) is 12.3 Å². The number of aromatic nitrogens is 3. The molecule has 7 nitrogen and oxygen atoms in total. The summed E-state index contributed by atoms with van der Waals surface area (Å²) in [5, 5.41) is 14.0. The van der Waals surface area contributed by atoms with Crippen molar-refractivity contribution in [2.75, 3.05) is 0 Å². The van der Waals surface area contributed by atoms with Crippen LogP contribution in [0.3, 0.4) is 0 Å². The van der Waals surface area contributed by atoms with Gasteiger partial charge in [-0.3, -0.25) is 4.79 Å². The number of nitrogens with zero attached hydrogens (tertiary/aromatic N) is 4. The van der Waals surface area contributed by atoms with Crippen molar-refractivity contribution in [3.8, 4) is 0 Å². The van der Waals surface area contributed by atoms with Crippen LogP contribution in [0.5, 0.6) is 0 Å². The first kappa shape index (κ1) is 12.4. The molecule has 0 saturated heterocycles. The lowest BCUT2D eigenvalue weighted by Gasteiger charge is -2.01. The van der Waals surface area contributed by atoms with Crippen molar-refractivity contribution < 1.29 is 9.72 Å². The quantitative estimate of drug-likeness (QED) is 0.488. The molecule has 8 heteroatoms. The Balaban J connectivity index is 2.16.